The van der Waals surface area contributed by atoms with E-state index in [1.807, 2.05) is 30.3 Å². The van der Waals surface area contributed by atoms with Crippen LogP contribution in [0.25, 0.3) is 10.9 Å². The third kappa shape index (κ3) is 2.94. The number of rotatable bonds is 5. The summed E-state index contributed by atoms with van der Waals surface area (Å²) in [6.45, 7) is 3.60. The quantitative estimate of drug-likeness (QED) is 0.741. The second-order valence-electron chi connectivity index (χ2n) is 5.82. The highest BCUT2D eigenvalue weighted by Gasteiger charge is 2.22. The summed E-state index contributed by atoms with van der Waals surface area (Å²) in [6.07, 6.45) is 0. The monoisotopic (exact) mass is 345 g/mol. The van der Waals surface area contributed by atoms with Crippen LogP contribution in [0.2, 0.25) is 0 Å². The zero-order valence-electron chi connectivity index (χ0n) is 13.5. The van der Waals surface area contributed by atoms with Crippen molar-refractivity contribution < 1.29 is 13.2 Å². The molecule has 0 saturated heterocycles. The molecule has 6 nitrogen and oxygen atoms in total. The predicted molar refractivity (Wildman–Crippen MR) is 93.6 cm³/mol. The summed E-state index contributed by atoms with van der Waals surface area (Å²) in [5, 5.41) is 6.77. The molecule has 0 fully saturated rings. The van der Waals surface area contributed by atoms with Gasteiger partial charge in [0.2, 0.25) is 0 Å². The molecule has 0 spiro atoms. The zero-order chi connectivity index (χ0) is 17.3. The van der Waals surface area contributed by atoms with E-state index < -0.39 is 15.1 Å². The fourth-order valence-corrected chi connectivity index (χ4v) is 3.47. The van der Waals surface area contributed by atoms with E-state index in [2.05, 4.69) is 10.2 Å². The first kappa shape index (κ1) is 16.3. The molecule has 126 valence electrons. The van der Waals surface area contributed by atoms with Gasteiger partial charge in [-0.3, -0.25) is 5.10 Å². The fraction of sp³-hybridized carbons (Fsp3) is 0.235. The van der Waals surface area contributed by atoms with Crippen molar-refractivity contribution in [3.05, 3.63) is 48.0 Å². The Morgan fingerprint density at radius 1 is 1.21 bits per heavy atom. The van der Waals surface area contributed by atoms with Gasteiger partial charge in [-0.1, -0.05) is 30.3 Å². The van der Waals surface area contributed by atoms with Crippen LogP contribution >= 0.6 is 0 Å². The van der Waals surface area contributed by atoms with Gasteiger partial charge in [0, 0.05) is 11.5 Å². The summed E-state index contributed by atoms with van der Waals surface area (Å²) < 4.78 is 30.9. The topological polar surface area (TPSA) is 98.1 Å². The molecule has 0 bridgehead atoms. The van der Waals surface area contributed by atoms with Crippen LogP contribution in [0.1, 0.15) is 19.4 Å². The van der Waals surface area contributed by atoms with E-state index in [0.29, 0.717) is 23.3 Å². The van der Waals surface area contributed by atoms with E-state index in [-0.39, 0.29) is 10.7 Å². The molecule has 7 heteroatoms. The molecule has 0 amide bonds. The number of benzene rings is 2. The standard InChI is InChI=1S/C17H19N3O3S/c1-11(2)24(21,22)13-8-14-16(19-20-17(14)18)15(9-13)23-10-12-6-4-3-5-7-12/h3-9,11H,10H2,1-2H3,(H3,18,19,20). The van der Waals surface area contributed by atoms with Crippen LogP contribution in [-0.4, -0.2) is 23.9 Å². The second-order valence-corrected chi connectivity index (χ2v) is 8.33. The normalized spacial score (nSPS) is 12.0. The maximum atomic E-state index is 12.5. The number of hydrogen-bond donors (Lipinski definition) is 2. The number of hydrogen-bond acceptors (Lipinski definition) is 5. The smallest absolute Gasteiger partial charge is 0.180 e. The van der Waals surface area contributed by atoms with Crippen molar-refractivity contribution in [3.8, 4) is 5.75 Å². The lowest BCUT2D eigenvalue weighted by Crippen LogP contribution is -2.14. The average molecular weight is 345 g/mol. The molecule has 1 aromatic heterocycles. The molecule has 0 atom stereocenters. The Bertz CT molecular complexity index is 963. The number of nitrogens with one attached hydrogen (secondary N) is 1. The van der Waals surface area contributed by atoms with Crippen LogP contribution in [0.3, 0.4) is 0 Å². The van der Waals surface area contributed by atoms with Crippen molar-refractivity contribution in [2.24, 2.45) is 0 Å². The molecule has 3 N–H and O–H groups in total. The van der Waals surface area contributed by atoms with Crippen LogP contribution in [0.5, 0.6) is 5.75 Å². The van der Waals surface area contributed by atoms with E-state index in [9.17, 15) is 8.42 Å². The van der Waals surface area contributed by atoms with Gasteiger partial charge in [0.05, 0.1) is 10.1 Å². The predicted octanol–water partition coefficient (Wildman–Crippen LogP) is 2.91. The number of nitrogens with zero attached hydrogens (tertiary/aromatic N) is 1. The Morgan fingerprint density at radius 3 is 2.58 bits per heavy atom. The highest BCUT2D eigenvalue weighted by molar-refractivity contribution is 7.92. The van der Waals surface area contributed by atoms with Crippen molar-refractivity contribution in [2.75, 3.05) is 5.73 Å². The molecular weight excluding hydrogens is 326 g/mol. The molecule has 2 aromatic carbocycles. The van der Waals surface area contributed by atoms with Gasteiger partial charge < -0.3 is 10.5 Å². The first-order valence-corrected chi connectivity index (χ1v) is 9.12. The summed E-state index contributed by atoms with van der Waals surface area (Å²) in [5.74, 6) is 0.662. The van der Waals surface area contributed by atoms with Gasteiger partial charge >= 0.3 is 0 Å². The minimum absolute atomic E-state index is 0.182. The highest BCUT2D eigenvalue weighted by Crippen LogP contribution is 2.32. The third-order valence-electron chi connectivity index (χ3n) is 3.83. The lowest BCUT2D eigenvalue weighted by atomic mass is 10.2. The first-order chi connectivity index (χ1) is 11.4. The van der Waals surface area contributed by atoms with E-state index in [4.69, 9.17) is 10.5 Å². The average Bonchev–Trinajstić information content (AvgIpc) is 2.95. The molecule has 0 saturated carbocycles. The Morgan fingerprint density at radius 2 is 1.92 bits per heavy atom. The number of sulfone groups is 1. The first-order valence-electron chi connectivity index (χ1n) is 7.58. The Labute approximate surface area is 140 Å². The Hall–Kier alpha value is -2.54. The highest BCUT2D eigenvalue weighted by atomic mass is 32.2. The lowest BCUT2D eigenvalue weighted by molar-refractivity contribution is 0.308. The minimum Gasteiger partial charge on any atom is -0.487 e. The Kier molecular flexibility index (Phi) is 4.19. The van der Waals surface area contributed by atoms with Crippen LogP contribution in [0.4, 0.5) is 5.82 Å². The molecule has 3 aromatic rings. The van der Waals surface area contributed by atoms with Gasteiger partial charge in [0.1, 0.15) is 17.9 Å². The number of fused-ring (bicyclic) bond motifs is 1. The van der Waals surface area contributed by atoms with Crippen LogP contribution in [-0.2, 0) is 16.4 Å². The molecule has 3 rings (SSSR count). The number of H-pyrrole nitrogens is 1. The molecule has 0 aliphatic heterocycles. The van der Waals surface area contributed by atoms with Crippen molar-refractivity contribution >= 4 is 26.6 Å². The number of nitrogen functional groups attached to an aromatic ring is 1. The van der Waals surface area contributed by atoms with E-state index >= 15 is 0 Å². The molecule has 0 aliphatic carbocycles. The van der Waals surface area contributed by atoms with Crippen molar-refractivity contribution in [3.63, 3.8) is 0 Å². The van der Waals surface area contributed by atoms with Gasteiger partial charge in [0.25, 0.3) is 0 Å². The molecule has 0 radical (unpaired) electrons. The number of aromatic nitrogens is 2. The van der Waals surface area contributed by atoms with Crippen molar-refractivity contribution in [2.45, 2.75) is 30.6 Å². The van der Waals surface area contributed by atoms with Gasteiger partial charge in [-0.05, 0) is 25.5 Å². The SMILES string of the molecule is CC(C)S(=O)(=O)c1cc(OCc2ccccc2)c2[nH]nc(N)c2c1. The van der Waals surface area contributed by atoms with E-state index in [1.165, 1.54) is 6.07 Å². The van der Waals surface area contributed by atoms with Gasteiger partial charge in [-0.2, -0.15) is 5.10 Å². The minimum atomic E-state index is -3.45. The summed E-state index contributed by atoms with van der Waals surface area (Å²) in [4.78, 5) is 0.182. The number of ether oxygens (including phenoxy) is 1. The van der Waals surface area contributed by atoms with Crippen LogP contribution in [0.15, 0.2) is 47.4 Å². The largest absolute Gasteiger partial charge is 0.487 e. The van der Waals surface area contributed by atoms with Gasteiger partial charge in [-0.25, -0.2) is 8.42 Å². The maximum Gasteiger partial charge on any atom is 0.180 e. The molecule has 0 aliphatic rings. The van der Waals surface area contributed by atoms with Gasteiger partial charge in [-0.15, -0.1) is 0 Å². The molecule has 1 heterocycles. The lowest BCUT2D eigenvalue weighted by Gasteiger charge is -2.12. The molecular formula is C17H19N3O3S. The van der Waals surface area contributed by atoms with Gasteiger partial charge in [0.15, 0.2) is 15.7 Å². The van der Waals surface area contributed by atoms with Crippen molar-refractivity contribution in [1.29, 1.82) is 0 Å². The number of nitrogens with two attached hydrogens (primary N) is 1. The number of aromatic amines is 1. The second kappa shape index (κ2) is 6.16. The summed E-state index contributed by atoms with van der Waals surface area (Å²) >= 11 is 0. The fourth-order valence-electron chi connectivity index (χ4n) is 2.37. The zero-order valence-corrected chi connectivity index (χ0v) is 14.3. The molecule has 0 unspecified atom stereocenters. The van der Waals surface area contributed by atoms with Crippen molar-refractivity contribution in [1.82, 2.24) is 10.2 Å². The third-order valence-corrected chi connectivity index (χ3v) is 5.96. The molecule has 24 heavy (non-hydrogen) atoms. The maximum absolute atomic E-state index is 12.5. The van der Waals surface area contributed by atoms with E-state index in [1.54, 1.807) is 19.9 Å². The summed E-state index contributed by atoms with van der Waals surface area (Å²) in [7, 11) is -3.45. The van der Waals surface area contributed by atoms with E-state index in [0.717, 1.165) is 5.56 Å². The van der Waals surface area contributed by atoms with Crippen LogP contribution < -0.4 is 10.5 Å². The Balaban J connectivity index is 2.06. The summed E-state index contributed by atoms with van der Waals surface area (Å²) in [5.41, 5.74) is 7.42. The number of anilines is 1. The van der Waals surface area contributed by atoms with Crippen LogP contribution in [0, 0.1) is 0 Å². The summed E-state index contributed by atoms with van der Waals surface area (Å²) in [6, 6.07) is 12.7.